The Morgan fingerprint density at radius 3 is 2.65 bits per heavy atom. The SMILES string of the molecule is Cc1ccc(CN(C)C(=O)CCCCl)c(C)c1. The summed E-state index contributed by atoms with van der Waals surface area (Å²) in [5.41, 5.74) is 3.70. The summed E-state index contributed by atoms with van der Waals surface area (Å²) in [5.74, 6) is 0.703. The summed E-state index contributed by atoms with van der Waals surface area (Å²) in [6, 6.07) is 6.32. The van der Waals surface area contributed by atoms with Crippen molar-refractivity contribution >= 4 is 17.5 Å². The van der Waals surface area contributed by atoms with Crippen LogP contribution in [0, 0.1) is 13.8 Å². The minimum Gasteiger partial charge on any atom is -0.341 e. The minimum absolute atomic E-state index is 0.158. The molecule has 2 nitrogen and oxygen atoms in total. The standard InChI is InChI=1S/C14H20ClNO/c1-11-6-7-13(12(2)9-11)10-16(3)14(17)5-4-8-15/h6-7,9H,4-5,8,10H2,1-3H3. The van der Waals surface area contributed by atoms with Gasteiger partial charge in [-0.25, -0.2) is 0 Å². The first-order valence-electron chi connectivity index (χ1n) is 5.90. The van der Waals surface area contributed by atoms with Crippen molar-refractivity contribution in [2.24, 2.45) is 0 Å². The van der Waals surface area contributed by atoms with Crippen LogP contribution in [-0.2, 0) is 11.3 Å². The van der Waals surface area contributed by atoms with E-state index in [1.54, 1.807) is 4.90 Å². The Hall–Kier alpha value is -1.02. The molecule has 0 saturated carbocycles. The summed E-state index contributed by atoms with van der Waals surface area (Å²) in [6.07, 6.45) is 1.28. The molecule has 94 valence electrons. The smallest absolute Gasteiger partial charge is 0.222 e. The molecule has 0 unspecified atom stereocenters. The highest BCUT2D eigenvalue weighted by Crippen LogP contribution is 2.13. The van der Waals surface area contributed by atoms with Crippen molar-refractivity contribution in [2.75, 3.05) is 12.9 Å². The molecule has 0 radical (unpaired) electrons. The molecule has 0 atom stereocenters. The van der Waals surface area contributed by atoms with Crippen molar-refractivity contribution in [3.63, 3.8) is 0 Å². The molecule has 0 aliphatic rings. The Morgan fingerprint density at radius 1 is 1.35 bits per heavy atom. The molecule has 0 aromatic heterocycles. The summed E-state index contributed by atoms with van der Waals surface area (Å²) in [6.45, 7) is 4.83. The molecule has 0 spiro atoms. The summed E-state index contributed by atoms with van der Waals surface area (Å²) in [4.78, 5) is 13.5. The van der Waals surface area contributed by atoms with Gasteiger partial charge in [0.2, 0.25) is 5.91 Å². The number of alkyl halides is 1. The van der Waals surface area contributed by atoms with Crippen LogP contribution in [0.15, 0.2) is 18.2 Å². The molecule has 1 amide bonds. The normalized spacial score (nSPS) is 10.4. The lowest BCUT2D eigenvalue weighted by Gasteiger charge is -2.18. The van der Waals surface area contributed by atoms with Crippen LogP contribution in [0.3, 0.4) is 0 Å². The van der Waals surface area contributed by atoms with E-state index in [2.05, 4.69) is 32.0 Å². The predicted octanol–water partition coefficient (Wildman–Crippen LogP) is 3.28. The Morgan fingerprint density at radius 2 is 2.06 bits per heavy atom. The summed E-state index contributed by atoms with van der Waals surface area (Å²) < 4.78 is 0. The molecule has 17 heavy (non-hydrogen) atoms. The number of carbonyl (C=O) groups is 1. The predicted molar refractivity (Wildman–Crippen MR) is 72.3 cm³/mol. The average molecular weight is 254 g/mol. The molecule has 0 aliphatic heterocycles. The molecule has 1 aromatic carbocycles. The van der Waals surface area contributed by atoms with Gasteiger partial charge in [-0.2, -0.15) is 0 Å². The maximum Gasteiger partial charge on any atom is 0.222 e. The van der Waals surface area contributed by atoms with Crippen molar-refractivity contribution in [3.8, 4) is 0 Å². The third kappa shape index (κ3) is 4.39. The van der Waals surface area contributed by atoms with Gasteiger partial charge in [-0.1, -0.05) is 23.8 Å². The van der Waals surface area contributed by atoms with Gasteiger partial charge in [-0.05, 0) is 31.4 Å². The van der Waals surface area contributed by atoms with Gasteiger partial charge in [0.05, 0.1) is 0 Å². The van der Waals surface area contributed by atoms with Crippen LogP contribution in [0.5, 0.6) is 0 Å². The van der Waals surface area contributed by atoms with Crippen molar-refractivity contribution in [2.45, 2.75) is 33.2 Å². The van der Waals surface area contributed by atoms with E-state index in [-0.39, 0.29) is 5.91 Å². The summed E-state index contributed by atoms with van der Waals surface area (Å²) >= 11 is 5.58. The van der Waals surface area contributed by atoms with Gasteiger partial charge < -0.3 is 4.90 Å². The number of nitrogens with zero attached hydrogens (tertiary/aromatic N) is 1. The molecular weight excluding hydrogens is 234 g/mol. The van der Waals surface area contributed by atoms with Gasteiger partial charge in [0, 0.05) is 25.9 Å². The second kappa shape index (κ2) is 6.65. The number of amides is 1. The fourth-order valence-electron chi connectivity index (χ4n) is 1.78. The fraction of sp³-hybridized carbons (Fsp3) is 0.500. The van der Waals surface area contributed by atoms with Crippen molar-refractivity contribution < 1.29 is 4.79 Å². The Bertz CT molecular complexity index is 390. The molecular formula is C14H20ClNO. The van der Waals surface area contributed by atoms with E-state index in [4.69, 9.17) is 11.6 Å². The second-order valence-electron chi connectivity index (χ2n) is 4.47. The van der Waals surface area contributed by atoms with Crippen LogP contribution in [0.4, 0.5) is 0 Å². The Labute approximate surface area is 109 Å². The lowest BCUT2D eigenvalue weighted by atomic mass is 10.1. The van der Waals surface area contributed by atoms with Crippen molar-refractivity contribution in [1.82, 2.24) is 4.90 Å². The molecule has 1 rings (SSSR count). The number of halogens is 1. The van der Waals surface area contributed by atoms with Crippen LogP contribution in [0.25, 0.3) is 0 Å². The van der Waals surface area contributed by atoms with Crippen LogP contribution < -0.4 is 0 Å². The highest BCUT2D eigenvalue weighted by atomic mass is 35.5. The maximum atomic E-state index is 11.8. The van der Waals surface area contributed by atoms with Crippen LogP contribution in [-0.4, -0.2) is 23.7 Å². The van der Waals surface area contributed by atoms with Crippen molar-refractivity contribution in [3.05, 3.63) is 34.9 Å². The van der Waals surface area contributed by atoms with Crippen LogP contribution >= 0.6 is 11.6 Å². The first kappa shape index (κ1) is 14.0. The lowest BCUT2D eigenvalue weighted by Crippen LogP contribution is -2.26. The molecule has 0 aliphatic carbocycles. The molecule has 3 heteroatoms. The van der Waals surface area contributed by atoms with Gasteiger partial charge in [0.25, 0.3) is 0 Å². The summed E-state index contributed by atoms with van der Waals surface area (Å²) in [5, 5.41) is 0. The molecule has 0 saturated heterocycles. The maximum absolute atomic E-state index is 11.8. The lowest BCUT2D eigenvalue weighted by molar-refractivity contribution is -0.130. The quantitative estimate of drug-likeness (QED) is 0.738. The van der Waals surface area contributed by atoms with E-state index in [1.807, 2.05) is 7.05 Å². The van der Waals surface area contributed by atoms with Crippen LogP contribution in [0.1, 0.15) is 29.5 Å². The largest absolute Gasteiger partial charge is 0.341 e. The van der Waals surface area contributed by atoms with Crippen molar-refractivity contribution in [1.29, 1.82) is 0 Å². The van der Waals surface area contributed by atoms with Gasteiger partial charge in [0.15, 0.2) is 0 Å². The number of carbonyl (C=O) groups excluding carboxylic acids is 1. The molecule has 1 aromatic rings. The highest BCUT2D eigenvalue weighted by molar-refractivity contribution is 6.17. The second-order valence-corrected chi connectivity index (χ2v) is 4.85. The van der Waals surface area contributed by atoms with E-state index in [1.165, 1.54) is 16.7 Å². The number of benzene rings is 1. The molecule has 0 bridgehead atoms. The topological polar surface area (TPSA) is 20.3 Å². The highest BCUT2D eigenvalue weighted by Gasteiger charge is 2.09. The zero-order valence-electron chi connectivity index (χ0n) is 10.8. The van der Waals surface area contributed by atoms with Gasteiger partial charge in [0.1, 0.15) is 0 Å². The van der Waals surface area contributed by atoms with E-state index < -0.39 is 0 Å². The van der Waals surface area contributed by atoms with Gasteiger partial charge in [-0.15, -0.1) is 11.6 Å². The summed E-state index contributed by atoms with van der Waals surface area (Å²) in [7, 11) is 1.84. The number of aryl methyl sites for hydroxylation is 2. The first-order valence-corrected chi connectivity index (χ1v) is 6.44. The fourth-order valence-corrected chi connectivity index (χ4v) is 1.91. The Balaban J connectivity index is 2.61. The average Bonchev–Trinajstić information content (AvgIpc) is 2.29. The molecule has 0 heterocycles. The third-order valence-electron chi connectivity index (χ3n) is 2.86. The first-order chi connectivity index (χ1) is 8.04. The minimum atomic E-state index is 0.158. The van der Waals surface area contributed by atoms with Crippen LogP contribution in [0.2, 0.25) is 0 Å². The Kier molecular flexibility index (Phi) is 5.49. The monoisotopic (exact) mass is 253 g/mol. The molecule has 0 fully saturated rings. The van der Waals surface area contributed by atoms with Gasteiger partial charge >= 0.3 is 0 Å². The van der Waals surface area contributed by atoms with Gasteiger partial charge in [-0.3, -0.25) is 4.79 Å². The van der Waals surface area contributed by atoms with E-state index >= 15 is 0 Å². The van der Waals surface area contributed by atoms with E-state index in [0.29, 0.717) is 18.8 Å². The molecule has 0 N–H and O–H groups in total. The zero-order chi connectivity index (χ0) is 12.8. The van der Waals surface area contributed by atoms with E-state index in [0.717, 1.165) is 6.42 Å². The third-order valence-corrected chi connectivity index (χ3v) is 3.12. The number of hydrogen-bond donors (Lipinski definition) is 0. The number of rotatable bonds is 5. The van der Waals surface area contributed by atoms with E-state index in [9.17, 15) is 4.79 Å². The number of hydrogen-bond acceptors (Lipinski definition) is 1. The zero-order valence-corrected chi connectivity index (χ0v) is 11.5.